The smallest absolute Gasteiger partial charge is 0.276 e. The van der Waals surface area contributed by atoms with Crippen molar-refractivity contribution in [2.45, 2.75) is 26.4 Å². The van der Waals surface area contributed by atoms with Crippen molar-refractivity contribution in [3.05, 3.63) is 77.4 Å². The molecule has 3 rings (SSSR count). The number of carbonyl (C=O) groups is 1. The Kier molecular flexibility index (Phi) is 4.88. The van der Waals surface area contributed by atoms with Crippen LogP contribution in [0, 0.1) is 6.92 Å². The predicted molar refractivity (Wildman–Crippen MR) is 95.0 cm³/mol. The van der Waals surface area contributed by atoms with Gasteiger partial charge in [0.05, 0.1) is 18.3 Å². The first-order chi connectivity index (χ1) is 12.1. The standard InChI is InChI=1S/C19H21N5O/c1-14(17-10-7-11-20-12-17)23(3)19(25)18-15(2)24(22-21-18)13-16-8-5-4-6-9-16/h4-12,14H,13H2,1-3H3. The average Bonchev–Trinajstić information content (AvgIpc) is 3.02. The summed E-state index contributed by atoms with van der Waals surface area (Å²) in [5.41, 5.74) is 3.24. The molecule has 1 aromatic carbocycles. The van der Waals surface area contributed by atoms with Gasteiger partial charge < -0.3 is 4.90 Å². The topological polar surface area (TPSA) is 63.9 Å². The molecule has 0 fully saturated rings. The van der Waals surface area contributed by atoms with E-state index >= 15 is 0 Å². The van der Waals surface area contributed by atoms with Gasteiger partial charge in [-0.3, -0.25) is 9.78 Å². The Morgan fingerprint density at radius 1 is 1.20 bits per heavy atom. The van der Waals surface area contributed by atoms with Crippen LogP contribution in [0.2, 0.25) is 0 Å². The van der Waals surface area contributed by atoms with E-state index in [9.17, 15) is 4.79 Å². The highest BCUT2D eigenvalue weighted by atomic mass is 16.2. The molecule has 0 spiro atoms. The van der Waals surface area contributed by atoms with Crippen LogP contribution >= 0.6 is 0 Å². The molecule has 2 heterocycles. The average molecular weight is 335 g/mol. The van der Waals surface area contributed by atoms with Gasteiger partial charge >= 0.3 is 0 Å². The molecule has 1 unspecified atom stereocenters. The van der Waals surface area contributed by atoms with Crippen molar-refractivity contribution in [3.63, 3.8) is 0 Å². The molecule has 0 bridgehead atoms. The summed E-state index contributed by atoms with van der Waals surface area (Å²) in [7, 11) is 1.77. The van der Waals surface area contributed by atoms with Crippen LogP contribution in [0.4, 0.5) is 0 Å². The molecule has 0 saturated carbocycles. The molecular weight excluding hydrogens is 314 g/mol. The highest BCUT2D eigenvalue weighted by molar-refractivity contribution is 5.93. The number of carbonyl (C=O) groups excluding carboxylic acids is 1. The number of pyridine rings is 1. The van der Waals surface area contributed by atoms with Gasteiger partial charge in [-0.2, -0.15) is 0 Å². The second-order valence-corrected chi connectivity index (χ2v) is 6.05. The third-order valence-corrected chi connectivity index (χ3v) is 4.43. The third-order valence-electron chi connectivity index (χ3n) is 4.43. The Hall–Kier alpha value is -3.02. The lowest BCUT2D eigenvalue weighted by atomic mass is 10.1. The van der Waals surface area contributed by atoms with Crippen LogP contribution in [0.3, 0.4) is 0 Å². The van der Waals surface area contributed by atoms with Gasteiger partial charge in [-0.1, -0.05) is 41.6 Å². The molecule has 0 N–H and O–H groups in total. The van der Waals surface area contributed by atoms with Crippen LogP contribution in [-0.2, 0) is 6.54 Å². The summed E-state index contributed by atoms with van der Waals surface area (Å²) >= 11 is 0. The fourth-order valence-electron chi connectivity index (χ4n) is 2.65. The maximum atomic E-state index is 12.8. The minimum atomic E-state index is -0.145. The van der Waals surface area contributed by atoms with Crippen LogP contribution in [0.5, 0.6) is 0 Å². The van der Waals surface area contributed by atoms with E-state index < -0.39 is 0 Å². The van der Waals surface area contributed by atoms with E-state index in [0.717, 1.165) is 16.8 Å². The molecule has 1 amide bonds. The monoisotopic (exact) mass is 335 g/mol. The van der Waals surface area contributed by atoms with E-state index in [1.54, 1.807) is 29.0 Å². The van der Waals surface area contributed by atoms with Gasteiger partial charge in [-0.15, -0.1) is 5.10 Å². The predicted octanol–water partition coefficient (Wildman–Crippen LogP) is 2.86. The fraction of sp³-hybridized carbons (Fsp3) is 0.263. The van der Waals surface area contributed by atoms with E-state index in [4.69, 9.17) is 0 Å². The van der Waals surface area contributed by atoms with Crippen molar-refractivity contribution in [3.8, 4) is 0 Å². The summed E-state index contributed by atoms with van der Waals surface area (Å²) in [6.45, 7) is 4.44. The minimum absolute atomic E-state index is 0.0973. The van der Waals surface area contributed by atoms with E-state index in [1.807, 2.05) is 56.3 Å². The number of nitrogens with zero attached hydrogens (tertiary/aromatic N) is 5. The fourth-order valence-corrected chi connectivity index (χ4v) is 2.65. The Morgan fingerprint density at radius 3 is 2.64 bits per heavy atom. The summed E-state index contributed by atoms with van der Waals surface area (Å²) in [6.07, 6.45) is 3.49. The maximum Gasteiger partial charge on any atom is 0.276 e. The van der Waals surface area contributed by atoms with Crippen LogP contribution in [-0.4, -0.2) is 37.8 Å². The van der Waals surface area contributed by atoms with Crippen molar-refractivity contribution >= 4 is 5.91 Å². The van der Waals surface area contributed by atoms with Gasteiger partial charge in [0.1, 0.15) is 0 Å². The first-order valence-electron chi connectivity index (χ1n) is 8.19. The SMILES string of the molecule is Cc1c(C(=O)N(C)C(C)c2cccnc2)nnn1Cc1ccccc1. The Labute approximate surface area is 147 Å². The number of benzene rings is 1. The molecule has 0 aliphatic carbocycles. The molecular formula is C19H21N5O. The second kappa shape index (κ2) is 7.25. The quantitative estimate of drug-likeness (QED) is 0.719. The Balaban J connectivity index is 1.78. The molecule has 6 nitrogen and oxygen atoms in total. The van der Waals surface area contributed by atoms with E-state index in [-0.39, 0.29) is 11.9 Å². The lowest BCUT2D eigenvalue weighted by Gasteiger charge is -2.24. The van der Waals surface area contributed by atoms with Crippen molar-refractivity contribution in [1.82, 2.24) is 24.9 Å². The second-order valence-electron chi connectivity index (χ2n) is 6.05. The van der Waals surface area contributed by atoms with Gasteiger partial charge in [0, 0.05) is 19.4 Å². The normalized spacial score (nSPS) is 12.0. The number of hydrogen-bond acceptors (Lipinski definition) is 4. The van der Waals surface area contributed by atoms with Crippen molar-refractivity contribution in [2.75, 3.05) is 7.05 Å². The summed E-state index contributed by atoms with van der Waals surface area (Å²) in [4.78, 5) is 18.6. The molecule has 0 aliphatic rings. The van der Waals surface area contributed by atoms with Crippen molar-refractivity contribution in [2.24, 2.45) is 0 Å². The summed E-state index contributed by atoms with van der Waals surface area (Å²) in [5, 5.41) is 8.27. The molecule has 1 atom stereocenters. The Bertz CT molecular complexity index is 845. The number of rotatable bonds is 5. The molecule has 3 aromatic rings. The molecule has 0 aliphatic heterocycles. The highest BCUT2D eigenvalue weighted by Gasteiger charge is 2.24. The van der Waals surface area contributed by atoms with E-state index in [0.29, 0.717) is 12.2 Å². The van der Waals surface area contributed by atoms with Gasteiger partial charge in [-0.05, 0) is 31.0 Å². The lowest BCUT2D eigenvalue weighted by Crippen LogP contribution is -2.30. The summed E-state index contributed by atoms with van der Waals surface area (Å²) < 4.78 is 1.76. The molecule has 0 radical (unpaired) electrons. The van der Waals surface area contributed by atoms with Crippen molar-refractivity contribution < 1.29 is 4.79 Å². The van der Waals surface area contributed by atoms with Gasteiger partial charge in [0.15, 0.2) is 5.69 Å². The van der Waals surface area contributed by atoms with Crippen molar-refractivity contribution in [1.29, 1.82) is 0 Å². The molecule has 2 aromatic heterocycles. The van der Waals surface area contributed by atoms with Gasteiger partial charge in [-0.25, -0.2) is 4.68 Å². The minimum Gasteiger partial charge on any atom is -0.333 e. The molecule has 25 heavy (non-hydrogen) atoms. The molecule has 6 heteroatoms. The summed E-state index contributed by atoms with van der Waals surface area (Å²) in [6, 6.07) is 13.7. The van der Waals surface area contributed by atoms with E-state index in [2.05, 4.69) is 15.3 Å². The maximum absolute atomic E-state index is 12.8. The molecule has 0 saturated heterocycles. The number of aromatic nitrogens is 4. The first-order valence-corrected chi connectivity index (χ1v) is 8.19. The number of hydrogen-bond donors (Lipinski definition) is 0. The zero-order valence-electron chi connectivity index (χ0n) is 14.6. The largest absolute Gasteiger partial charge is 0.333 e. The van der Waals surface area contributed by atoms with Crippen LogP contribution in [0.25, 0.3) is 0 Å². The number of amides is 1. The van der Waals surface area contributed by atoms with Gasteiger partial charge in [0.25, 0.3) is 5.91 Å². The highest BCUT2D eigenvalue weighted by Crippen LogP contribution is 2.20. The zero-order valence-corrected chi connectivity index (χ0v) is 14.6. The lowest BCUT2D eigenvalue weighted by molar-refractivity contribution is 0.0735. The van der Waals surface area contributed by atoms with Crippen LogP contribution in [0.1, 0.15) is 40.3 Å². The molecule has 128 valence electrons. The Morgan fingerprint density at radius 2 is 1.96 bits per heavy atom. The first kappa shape index (κ1) is 16.8. The van der Waals surface area contributed by atoms with Crippen LogP contribution < -0.4 is 0 Å². The van der Waals surface area contributed by atoms with Crippen LogP contribution in [0.15, 0.2) is 54.9 Å². The summed E-state index contributed by atoms with van der Waals surface area (Å²) in [5.74, 6) is -0.145. The van der Waals surface area contributed by atoms with E-state index in [1.165, 1.54) is 0 Å². The zero-order chi connectivity index (χ0) is 17.8. The third kappa shape index (κ3) is 3.57. The van der Waals surface area contributed by atoms with Gasteiger partial charge in [0.2, 0.25) is 0 Å².